The van der Waals surface area contributed by atoms with Crippen LogP contribution in [0.1, 0.15) is 47.9 Å². The molecule has 1 atom stereocenters. The van der Waals surface area contributed by atoms with Crippen LogP contribution in [-0.2, 0) is 11.3 Å². The number of amides is 2. The summed E-state index contributed by atoms with van der Waals surface area (Å²) in [6.45, 7) is 3.13. The third kappa shape index (κ3) is 6.00. The summed E-state index contributed by atoms with van der Waals surface area (Å²) < 4.78 is 16.7. The van der Waals surface area contributed by atoms with Gasteiger partial charge in [-0.15, -0.1) is 5.10 Å². The number of benzene rings is 1. The average molecular weight is 513 g/mol. The van der Waals surface area contributed by atoms with E-state index in [1.54, 1.807) is 18.2 Å². The first-order valence-electron chi connectivity index (χ1n) is 11.6. The molecule has 0 radical (unpaired) electrons. The van der Waals surface area contributed by atoms with Crippen molar-refractivity contribution in [3.63, 3.8) is 0 Å². The van der Waals surface area contributed by atoms with Gasteiger partial charge in [-0.2, -0.15) is 9.78 Å². The number of piperidine rings is 1. The van der Waals surface area contributed by atoms with Crippen LogP contribution in [0.15, 0.2) is 27.9 Å². The minimum atomic E-state index is -0.607. The topological polar surface area (TPSA) is 202 Å². The monoisotopic (exact) mass is 512 g/mol. The number of ether oxygens (including phenoxy) is 2. The standard InChI is InChI=1S/C22H28N10O5/c1-13-5-3-4-8-31(13)11-15-19(26-30-32(15)21-20(24)28-37-29-21)22(34)27-25-10-14-6-7-16(17(9-14)35-2)36-12-18(23)33/h6-7,9-10,13H,3-5,8,11-12H2,1-2H3,(H2,23,33)(H2,24,28)(H,27,34)/b25-10+/t13-/m1/s1. The molecule has 0 spiro atoms. The molecule has 37 heavy (non-hydrogen) atoms. The Morgan fingerprint density at radius 2 is 2.14 bits per heavy atom. The lowest BCUT2D eigenvalue weighted by molar-refractivity contribution is -0.119. The largest absolute Gasteiger partial charge is 0.493 e. The highest BCUT2D eigenvalue weighted by atomic mass is 16.6. The SMILES string of the molecule is COc1cc(/C=N/NC(=O)c2nnn(-c3nonc3N)c2CN2CCCC[C@H]2C)ccc1OCC(N)=O. The number of aromatic nitrogens is 5. The molecular weight excluding hydrogens is 484 g/mol. The molecule has 196 valence electrons. The van der Waals surface area contributed by atoms with Crippen molar-refractivity contribution >= 4 is 23.8 Å². The summed E-state index contributed by atoms with van der Waals surface area (Å²) in [5.74, 6) is -0.275. The Labute approximate surface area is 211 Å². The molecule has 15 heteroatoms. The van der Waals surface area contributed by atoms with E-state index in [4.69, 9.17) is 25.6 Å². The van der Waals surface area contributed by atoms with Crippen LogP contribution in [0.25, 0.3) is 5.82 Å². The summed E-state index contributed by atoms with van der Waals surface area (Å²) in [4.78, 5) is 26.2. The average Bonchev–Trinajstić information content (AvgIpc) is 3.49. The molecule has 4 rings (SSSR count). The number of nitrogens with one attached hydrogen (secondary N) is 1. The molecule has 0 unspecified atom stereocenters. The second kappa shape index (κ2) is 11.5. The van der Waals surface area contributed by atoms with Crippen LogP contribution in [0.3, 0.4) is 0 Å². The van der Waals surface area contributed by atoms with Gasteiger partial charge in [0.15, 0.2) is 23.8 Å². The lowest BCUT2D eigenvalue weighted by Gasteiger charge is -2.33. The number of carbonyl (C=O) groups excluding carboxylic acids is 2. The molecule has 0 saturated carbocycles. The maximum absolute atomic E-state index is 13.0. The van der Waals surface area contributed by atoms with Gasteiger partial charge in [-0.1, -0.05) is 11.6 Å². The summed E-state index contributed by atoms with van der Waals surface area (Å²) in [5.41, 5.74) is 14.6. The number of carbonyl (C=O) groups is 2. The van der Waals surface area contributed by atoms with Gasteiger partial charge >= 0.3 is 0 Å². The molecule has 2 amide bonds. The van der Waals surface area contributed by atoms with E-state index >= 15 is 0 Å². The molecule has 5 N–H and O–H groups in total. The van der Waals surface area contributed by atoms with Crippen molar-refractivity contribution in [3.8, 4) is 17.3 Å². The molecular formula is C22H28N10O5. The Balaban J connectivity index is 1.52. The molecule has 0 bridgehead atoms. The van der Waals surface area contributed by atoms with Crippen LogP contribution in [0.2, 0.25) is 0 Å². The van der Waals surface area contributed by atoms with Crippen molar-refractivity contribution in [3.05, 3.63) is 35.2 Å². The summed E-state index contributed by atoms with van der Waals surface area (Å²) in [7, 11) is 1.46. The van der Waals surface area contributed by atoms with Gasteiger partial charge in [-0.05, 0) is 60.4 Å². The number of likely N-dealkylation sites (tertiary alicyclic amines) is 1. The quantitative estimate of drug-likeness (QED) is 0.248. The fourth-order valence-electron chi connectivity index (χ4n) is 3.96. The predicted molar refractivity (Wildman–Crippen MR) is 130 cm³/mol. The molecule has 3 heterocycles. The molecule has 1 aliphatic heterocycles. The molecule has 2 aromatic heterocycles. The van der Waals surface area contributed by atoms with Gasteiger partial charge in [0.05, 0.1) is 19.0 Å². The number of hydrogen-bond donors (Lipinski definition) is 3. The van der Waals surface area contributed by atoms with Crippen LogP contribution < -0.4 is 26.4 Å². The van der Waals surface area contributed by atoms with Crippen LogP contribution in [0.4, 0.5) is 5.82 Å². The zero-order chi connectivity index (χ0) is 26.4. The van der Waals surface area contributed by atoms with E-state index in [-0.39, 0.29) is 23.9 Å². The number of primary amides is 1. The Hall–Kier alpha value is -4.53. The van der Waals surface area contributed by atoms with Crippen molar-refractivity contribution in [1.82, 2.24) is 35.6 Å². The maximum Gasteiger partial charge on any atom is 0.293 e. The number of rotatable bonds is 10. The molecule has 0 aliphatic carbocycles. The smallest absolute Gasteiger partial charge is 0.293 e. The maximum atomic E-state index is 13.0. The van der Waals surface area contributed by atoms with Gasteiger partial charge in [-0.25, -0.2) is 10.1 Å². The van der Waals surface area contributed by atoms with Crippen LogP contribution in [0.5, 0.6) is 11.5 Å². The van der Waals surface area contributed by atoms with Gasteiger partial charge in [0.25, 0.3) is 11.8 Å². The van der Waals surface area contributed by atoms with Gasteiger partial charge in [0.1, 0.15) is 0 Å². The van der Waals surface area contributed by atoms with Gasteiger partial charge in [-0.3, -0.25) is 14.5 Å². The zero-order valence-electron chi connectivity index (χ0n) is 20.5. The van der Waals surface area contributed by atoms with Gasteiger partial charge in [0, 0.05) is 12.6 Å². The first-order chi connectivity index (χ1) is 17.9. The predicted octanol–water partition coefficient (Wildman–Crippen LogP) is 0.244. The fourth-order valence-corrected chi connectivity index (χ4v) is 3.96. The van der Waals surface area contributed by atoms with Crippen molar-refractivity contribution < 1.29 is 23.7 Å². The zero-order valence-corrected chi connectivity index (χ0v) is 20.5. The lowest BCUT2D eigenvalue weighted by Crippen LogP contribution is -2.38. The minimum Gasteiger partial charge on any atom is -0.493 e. The first kappa shape index (κ1) is 25.6. The summed E-state index contributed by atoms with van der Waals surface area (Å²) in [6, 6.07) is 5.23. The van der Waals surface area contributed by atoms with E-state index in [1.165, 1.54) is 18.0 Å². The normalized spacial score (nSPS) is 16.1. The van der Waals surface area contributed by atoms with E-state index in [0.717, 1.165) is 25.8 Å². The highest BCUT2D eigenvalue weighted by Gasteiger charge is 2.28. The van der Waals surface area contributed by atoms with Crippen LogP contribution in [0, 0.1) is 0 Å². The minimum absolute atomic E-state index is 0.0278. The second-order valence-corrected chi connectivity index (χ2v) is 8.45. The van der Waals surface area contributed by atoms with Crippen molar-refractivity contribution in [2.75, 3.05) is 26.0 Å². The molecule has 1 aromatic carbocycles. The number of nitrogens with zero attached hydrogens (tertiary/aromatic N) is 7. The highest BCUT2D eigenvalue weighted by molar-refractivity contribution is 5.94. The molecule has 1 saturated heterocycles. The van der Waals surface area contributed by atoms with Gasteiger partial charge < -0.3 is 20.9 Å². The number of anilines is 1. The van der Waals surface area contributed by atoms with E-state index in [9.17, 15) is 9.59 Å². The van der Waals surface area contributed by atoms with Crippen molar-refractivity contribution in [2.24, 2.45) is 10.8 Å². The number of hydrogen-bond acceptors (Lipinski definition) is 12. The van der Waals surface area contributed by atoms with E-state index < -0.39 is 11.8 Å². The summed E-state index contributed by atoms with van der Waals surface area (Å²) >= 11 is 0. The third-order valence-corrected chi connectivity index (χ3v) is 5.91. The first-order valence-corrected chi connectivity index (χ1v) is 11.6. The third-order valence-electron chi connectivity index (χ3n) is 5.91. The molecule has 3 aromatic rings. The van der Waals surface area contributed by atoms with Crippen LogP contribution >= 0.6 is 0 Å². The number of methoxy groups -OCH3 is 1. The van der Waals surface area contributed by atoms with E-state index in [2.05, 4.69) is 43.0 Å². The van der Waals surface area contributed by atoms with E-state index in [1.807, 2.05) is 0 Å². The van der Waals surface area contributed by atoms with Crippen LogP contribution in [-0.4, -0.2) is 74.5 Å². The number of nitrogens with two attached hydrogens (primary N) is 2. The molecule has 15 nitrogen and oxygen atoms in total. The Morgan fingerprint density at radius 1 is 1.30 bits per heavy atom. The van der Waals surface area contributed by atoms with Crippen molar-refractivity contribution in [1.29, 1.82) is 0 Å². The van der Waals surface area contributed by atoms with Crippen molar-refractivity contribution in [2.45, 2.75) is 38.8 Å². The highest BCUT2D eigenvalue weighted by Crippen LogP contribution is 2.27. The number of nitrogen functional groups attached to an aromatic ring is 1. The molecule has 1 fully saturated rings. The lowest BCUT2D eigenvalue weighted by atomic mass is 10.0. The number of hydrazone groups is 1. The van der Waals surface area contributed by atoms with E-state index in [0.29, 0.717) is 35.3 Å². The molecule has 1 aliphatic rings. The summed E-state index contributed by atoms with van der Waals surface area (Å²) in [5, 5.41) is 19.6. The Morgan fingerprint density at radius 3 is 2.84 bits per heavy atom. The second-order valence-electron chi connectivity index (χ2n) is 8.45. The Bertz CT molecular complexity index is 1290. The van der Waals surface area contributed by atoms with Gasteiger partial charge in [0.2, 0.25) is 11.6 Å². The Kier molecular flexibility index (Phi) is 7.92. The fraction of sp³-hybridized carbons (Fsp3) is 0.409. The summed E-state index contributed by atoms with van der Waals surface area (Å²) in [6.07, 6.45) is 4.69.